The number of hydrogen-bond acceptors (Lipinski definition) is 2. The van der Waals surface area contributed by atoms with Crippen molar-refractivity contribution in [3.8, 4) is 0 Å². The van der Waals surface area contributed by atoms with Crippen molar-refractivity contribution in [2.75, 3.05) is 5.75 Å². The van der Waals surface area contributed by atoms with Gasteiger partial charge in [-0.1, -0.05) is 36.6 Å². The Morgan fingerprint density at radius 1 is 1.31 bits per heavy atom. The van der Waals surface area contributed by atoms with E-state index in [4.69, 9.17) is 11.6 Å². The lowest BCUT2D eigenvalue weighted by molar-refractivity contribution is -0.120. The van der Waals surface area contributed by atoms with Gasteiger partial charge in [0.1, 0.15) is 5.78 Å². The fraction of sp³-hybridized carbons (Fsp3) is 0.462. The van der Waals surface area contributed by atoms with E-state index in [1.807, 2.05) is 24.3 Å². The van der Waals surface area contributed by atoms with E-state index >= 15 is 0 Å². The molecule has 0 unspecified atom stereocenters. The molecule has 0 aromatic heterocycles. The van der Waals surface area contributed by atoms with Crippen molar-refractivity contribution in [3.05, 3.63) is 29.3 Å². The first-order chi connectivity index (χ1) is 7.77. The molecule has 0 atom stereocenters. The summed E-state index contributed by atoms with van der Waals surface area (Å²) < 4.78 is 0. The van der Waals surface area contributed by atoms with Gasteiger partial charge < -0.3 is 0 Å². The Labute approximate surface area is 106 Å². The Kier molecular flexibility index (Phi) is 4.30. The van der Waals surface area contributed by atoms with E-state index < -0.39 is 0 Å². The van der Waals surface area contributed by atoms with Crippen LogP contribution in [-0.2, 0) is 4.79 Å². The monoisotopic (exact) mass is 254 g/mol. The lowest BCUT2D eigenvalue weighted by Crippen LogP contribution is -2.12. The molecule has 0 bridgehead atoms. The lowest BCUT2D eigenvalue weighted by Gasteiger charge is -2.08. The highest BCUT2D eigenvalue weighted by atomic mass is 35.5. The average molecular weight is 255 g/mol. The van der Waals surface area contributed by atoms with Crippen LogP contribution in [0.4, 0.5) is 0 Å². The van der Waals surface area contributed by atoms with E-state index in [2.05, 4.69) is 0 Å². The fourth-order valence-corrected chi connectivity index (χ4v) is 3.29. The molecule has 1 aromatic carbocycles. The van der Waals surface area contributed by atoms with Crippen LogP contribution in [0.5, 0.6) is 0 Å². The van der Waals surface area contributed by atoms with Gasteiger partial charge in [0.25, 0.3) is 0 Å². The number of thioether (sulfide) groups is 1. The van der Waals surface area contributed by atoms with Gasteiger partial charge in [0, 0.05) is 10.8 Å². The van der Waals surface area contributed by atoms with Crippen molar-refractivity contribution in [2.24, 2.45) is 5.92 Å². The van der Waals surface area contributed by atoms with Gasteiger partial charge >= 0.3 is 0 Å². The molecule has 0 amide bonds. The molecular weight excluding hydrogens is 240 g/mol. The Morgan fingerprint density at radius 3 is 2.69 bits per heavy atom. The summed E-state index contributed by atoms with van der Waals surface area (Å²) in [6.45, 7) is 0. The summed E-state index contributed by atoms with van der Waals surface area (Å²) in [5.41, 5.74) is 0. The first kappa shape index (κ1) is 12.0. The molecule has 0 N–H and O–H groups in total. The van der Waals surface area contributed by atoms with E-state index in [9.17, 15) is 4.79 Å². The number of carbonyl (C=O) groups is 1. The summed E-state index contributed by atoms with van der Waals surface area (Å²) in [5.74, 6) is 1.27. The fourth-order valence-electron chi connectivity index (χ4n) is 2.08. The minimum absolute atomic E-state index is 0.315. The zero-order valence-corrected chi connectivity index (χ0v) is 10.7. The van der Waals surface area contributed by atoms with Gasteiger partial charge in [-0.15, -0.1) is 11.8 Å². The molecule has 86 valence electrons. The summed E-state index contributed by atoms with van der Waals surface area (Å²) in [6, 6.07) is 7.69. The summed E-state index contributed by atoms with van der Waals surface area (Å²) in [7, 11) is 0. The van der Waals surface area contributed by atoms with Crippen LogP contribution in [-0.4, -0.2) is 11.5 Å². The number of halogens is 1. The number of hydrogen-bond donors (Lipinski definition) is 0. The molecule has 1 fully saturated rings. The Bertz CT molecular complexity index is 372. The van der Waals surface area contributed by atoms with Crippen LogP contribution in [0.2, 0.25) is 5.02 Å². The number of benzene rings is 1. The van der Waals surface area contributed by atoms with Crippen molar-refractivity contribution in [3.63, 3.8) is 0 Å². The molecule has 16 heavy (non-hydrogen) atoms. The quantitative estimate of drug-likeness (QED) is 0.750. The summed E-state index contributed by atoms with van der Waals surface area (Å²) in [4.78, 5) is 12.9. The van der Waals surface area contributed by atoms with Crippen LogP contribution >= 0.6 is 23.4 Å². The topological polar surface area (TPSA) is 17.1 Å². The van der Waals surface area contributed by atoms with Gasteiger partial charge in [-0.25, -0.2) is 0 Å². The minimum atomic E-state index is 0.315. The normalized spacial score (nSPS) is 16.6. The second kappa shape index (κ2) is 5.74. The molecule has 3 heteroatoms. The van der Waals surface area contributed by atoms with Gasteiger partial charge in [0.15, 0.2) is 0 Å². The van der Waals surface area contributed by atoms with E-state index in [1.165, 1.54) is 12.8 Å². The van der Waals surface area contributed by atoms with E-state index in [-0.39, 0.29) is 0 Å². The lowest BCUT2D eigenvalue weighted by atomic mass is 10.0. The highest BCUT2D eigenvalue weighted by Gasteiger charge is 2.22. The summed E-state index contributed by atoms with van der Waals surface area (Å²) in [5, 5.41) is 0.742. The summed E-state index contributed by atoms with van der Waals surface area (Å²) in [6.07, 6.45) is 4.60. The molecule has 1 aliphatic rings. The predicted octanol–water partition coefficient (Wildman–Crippen LogP) is 4.19. The maximum absolute atomic E-state index is 11.9. The zero-order valence-electron chi connectivity index (χ0n) is 9.12. The molecule has 1 aliphatic carbocycles. The third kappa shape index (κ3) is 3.02. The van der Waals surface area contributed by atoms with Crippen molar-refractivity contribution in [2.45, 2.75) is 30.6 Å². The highest BCUT2D eigenvalue weighted by molar-refractivity contribution is 8.00. The van der Waals surface area contributed by atoms with Gasteiger partial charge in [0.05, 0.1) is 10.8 Å². The molecular formula is C13H15ClOS. The number of carbonyl (C=O) groups excluding carboxylic acids is 1. The standard InChI is InChI=1S/C13H15ClOS/c14-11-7-3-4-8-13(11)16-9-12(15)10-5-1-2-6-10/h3-4,7-8,10H,1-2,5-6,9H2. The van der Waals surface area contributed by atoms with Crippen molar-refractivity contribution in [1.82, 2.24) is 0 Å². The molecule has 0 radical (unpaired) electrons. The number of rotatable bonds is 4. The molecule has 2 rings (SSSR count). The molecule has 1 nitrogen and oxygen atoms in total. The Morgan fingerprint density at radius 2 is 2.00 bits per heavy atom. The Hall–Kier alpha value is -0.470. The molecule has 1 saturated carbocycles. The maximum Gasteiger partial charge on any atom is 0.146 e. The average Bonchev–Trinajstić information content (AvgIpc) is 2.81. The van der Waals surface area contributed by atoms with Crippen LogP contribution in [0, 0.1) is 5.92 Å². The number of Topliss-reactive ketones (excluding diaryl/α,β-unsaturated/α-hetero) is 1. The minimum Gasteiger partial charge on any atom is -0.298 e. The Balaban J connectivity index is 1.87. The third-order valence-electron chi connectivity index (χ3n) is 3.02. The van der Waals surface area contributed by atoms with E-state index in [0.717, 1.165) is 22.8 Å². The van der Waals surface area contributed by atoms with Crippen LogP contribution < -0.4 is 0 Å². The van der Waals surface area contributed by atoms with Crippen LogP contribution in [0.15, 0.2) is 29.2 Å². The summed E-state index contributed by atoms with van der Waals surface area (Å²) >= 11 is 7.60. The van der Waals surface area contributed by atoms with Crippen LogP contribution in [0.3, 0.4) is 0 Å². The van der Waals surface area contributed by atoms with Crippen LogP contribution in [0.25, 0.3) is 0 Å². The molecule has 0 spiro atoms. The van der Waals surface area contributed by atoms with E-state index in [1.54, 1.807) is 11.8 Å². The smallest absolute Gasteiger partial charge is 0.146 e. The molecule has 0 aliphatic heterocycles. The van der Waals surface area contributed by atoms with E-state index in [0.29, 0.717) is 17.5 Å². The first-order valence-electron chi connectivity index (χ1n) is 5.67. The van der Waals surface area contributed by atoms with Crippen molar-refractivity contribution in [1.29, 1.82) is 0 Å². The van der Waals surface area contributed by atoms with Crippen molar-refractivity contribution >= 4 is 29.1 Å². The molecule has 0 saturated heterocycles. The van der Waals surface area contributed by atoms with Gasteiger partial charge in [-0.3, -0.25) is 4.79 Å². The molecule has 1 aromatic rings. The zero-order chi connectivity index (χ0) is 11.4. The number of ketones is 1. The first-order valence-corrected chi connectivity index (χ1v) is 7.04. The van der Waals surface area contributed by atoms with Gasteiger partial charge in [-0.05, 0) is 25.0 Å². The second-order valence-corrected chi connectivity index (χ2v) is 5.59. The predicted molar refractivity (Wildman–Crippen MR) is 69.1 cm³/mol. The largest absolute Gasteiger partial charge is 0.298 e. The third-order valence-corrected chi connectivity index (χ3v) is 4.55. The SMILES string of the molecule is O=C(CSc1ccccc1Cl)C1CCCC1. The maximum atomic E-state index is 11.9. The highest BCUT2D eigenvalue weighted by Crippen LogP contribution is 2.30. The second-order valence-electron chi connectivity index (χ2n) is 4.17. The van der Waals surface area contributed by atoms with Gasteiger partial charge in [0.2, 0.25) is 0 Å². The van der Waals surface area contributed by atoms with Gasteiger partial charge in [-0.2, -0.15) is 0 Å². The molecule has 0 heterocycles. The van der Waals surface area contributed by atoms with Crippen LogP contribution in [0.1, 0.15) is 25.7 Å². The van der Waals surface area contributed by atoms with Crippen molar-refractivity contribution < 1.29 is 4.79 Å².